The van der Waals surface area contributed by atoms with Crippen molar-refractivity contribution in [2.24, 2.45) is 0 Å². The molecule has 0 spiro atoms. The van der Waals surface area contributed by atoms with Gasteiger partial charge in [-0.3, -0.25) is 10.1 Å². The van der Waals surface area contributed by atoms with Gasteiger partial charge in [0.15, 0.2) is 5.13 Å². The predicted molar refractivity (Wildman–Crippen MR) is 97.2 cm³/mol. The molecule has 0 bridgehead atoms. The van der Waals surface area contributed by atoms with Gasteiger partial charge in [-0.05, 0) is 35.2 Å². The zero-order valence-corrected chi connectivity index (χ0v) is 14.5. The van der Waals surface area contributed by atoms with Crippen molar-refractivity contribution in [3.8, 4) is 10.6 Å². The van der Waals surface area contributed by atoms with E-state index in [1.165, 1.54) is 17.4 Å². The maximum Gasteiger partial charge on any atom is 0.250 e. The molecular weight excluding hydrogens is 380 g/mol. The fraction of sp³-hybridized carbons (Fsp3) is 0. The van der Waals surface area contributed by atoms with Crippen LogP contribution in [0.5, 0.6) is 0 Å². The summed E-state index contributed by atoms with van der Waals surface area (Å²) in [5, 5.41) is 7.34. The van der Waals surface area contributed by atoms with E-state index in [2.05, 4.69) is 26.2 Å². The van der Waals surface area contributed by atoms with Gasteiger partial charge in [-0.1, -0.05) is 34.1 Å². The first kappa shape index (κ1) is 15.1. The molecule has 0 aliphatic carbocycles. The minimum atomic E-state index is -0.185. The minimum absolute atomic E-state index is 0.185. The van der Waals surface area contributed by atoms with Gasteiger partial charge in [0.2, 0.25) is 5.91 Å². The van der Waals surface area contributed by atoms with Crippen molar-refractivity contribution in [2.45, 2.75) is 0 Å². The van der Waals surface area contributed by atoms with Crippen molar-refractivity contribution in [1.82, 2.24) is 4.98 Å². The Morgan fingerprint density at radius 1 is 1.18 bits per heavy atom. The van der Waals surface area contributed by atoms with Crippen LogP contribution in [0.25, 0.3) is 16.6 Å². The number of nitrogens with one attached hydrogen (secondary N) is 1. The number of thiophene rings is 1. The highest BCUT2D eigenvalue weighted by atomic mass is 79.9. The number of hydrogen-bond acceptors (Lipinski definition) is 4. The Labute approximate surface area is 144 Å². The Morgan fingerprint density at radius 3 is 2.73 bits per heavy atom. The second-order valence-electron chi connectivity index (χ2n) is 4.39. The number of anilines is 1. The zero-order chi connectivity index (χ0) is 15.4. The van der Waals surface area contributed by atoms with Crippen LogP contribution in [-0.2, 0) is 4.79 Å². The molecule has 0 unspecified atom stereocenters. The molecule has 110 valence electrons. The minimum Gasteiger partial charge on any atom is -0.298 e. The maximum absolute atomic E-state index is 11.9. The van der Waals surface area contributed by atoms with Crippen molar-refractivity contribution < 1.29 is 4.79 Å². The number of rotatable bonds is 4. The summed E-state index contributed by atoms with van der Waals surface area (Å²) in [5.41, 5.74) is 1.86. The van der Waals surface area contributed by atoms with Crippen molar-refractivity contribution >= 4 is 55.7 Å². The molecule has 1 amide bonds. The molecule has 0 aliphatic heterocycles. The van der Waals surface area contributed by atoms with Crippen LogP contribution in [0.3, 0.4) is 0 Å². The van der Waals surface area contributed by atoms with Gasteiger partial charge in [0.25, 0.3) is 0 Å². The molecule has 3 rings (SSSR count). The summed E-state index contributed by atoms with van der Waals surface area (Å²) in [6.45, 7) is 0. The van der Waals surface area contributed by atoms with E-state index in [-0.39, 0.29) is 5.91 Å². The molecule has 2 aromatic heterocycles. The number of benzene rings is 1. The molecule has 1 aromatic carbocycles. The first-order chi connectivity index (χ1) is 10.7. The van der Waals surface area contributed by atoms with Crippen LogP contribution in [0, 0.1) is 0 Å². The van der Waals surface area contributed by atoms with Crippen molar-refractivity contribution in [1.29, 1.82) is 0 Å². The van der Waals surface area contributed by atoms with Crippen molar-refractivity contribution in [3.63, 3.8) is 0 Å². The van der Waals surface area contributed by atoms with Crippen LogP contribution in [0.4, 0.5) is 5.13 Å². The van der Waals surface area contributed by atoms with E-state index < -0.39 is 0 Å². The number of halogens is 1. The summed E-state index contributed by atoms with van der Waals surface area (Å²) >= 11 is 6.43. The summed E-state index contributed by atoms with van der Waals surface area (Å²) < 4.78 is 1.01. The Kier molecular flexibility index (Phi) is 4.82. The number of aromatic nitrogens is 1. The quantitative estimate of drug-likeness (QED) is 0.615. The lowest BCUT2D eigenvalue weighted by Gasteiger charge is -1.96. The summed E-state index contributed by atoms with van der Waals surface area (Å²) in [7, 11) is 0. The van der Waals surface area contributed by atoms with Crippen molar-refractivity contribution in [3.05, 3.63) is 63.3 Å². The number of nitrogens with zero attached hydrogens (tertiary/aromatic N) is 1. The molecule has 0 saturated carbocycles. The largest absolute Gasteiger partial charge is 0.298 e. The number of hydrogen-bond donors (Lipinski definition) is 1. The predicted octanol–water partition coefficient (Wildman–Crippen LogP) is 5.29. The molecule has 2 heterocycles. The summed E-state index contributed by atoms with van der Waals surface area (Å²) in [5.74, 6) is -0.185. The first-order valence-corrected chi connectivity index (χ1v) is 9.00. The fourth-order valence-electron chi connectivity index (χ4n) is 1.76. The number of amides is 1. The molecule has 0 aliphatic rings. The fourth-order valence-corrected chi connectivity index (χ4v) is 3.50. The smallest absolute Gasteiger partial charge is 0.250 e. The molecule has 0 fully saturated rings. The topological polar surface area (TPSA) is 42.0 Å². The van der Waals surface area contributed by atoms with Crippen LogP contribution in [0.2, 0.25) is 0 Å². The van der Waals surface area contributed by atoms with Gasteiger partial charge in [-0.2, -0.15) is 0 Å². The summed E-state index contributed by atoms with van der Waals surface area (Å²) in [4.78, 5) is 17.4. The lowest BCUT2D eigenvalue weighted by molar-refractivity contribution is -0.111. The van der Waals surface area contributed by atoms with Gasteiger partial charge in [0.1, 0.15) is 0 Å². The Morgan fingerprint density at radius 2 is 2.00 bits per heavy atom. The normalized spacial score (nSPS) is 11.0. The number of thiazole rings is 1. The van der Waals surface area contributed by atoms with E-state index >= 15 is 0 Å². The first-order valence-electron chi connectivity index (χ1n) is 6.45. The third-order valence-corrected chi connectivity index (χ3v) is 4.98. The highest BCUT2D eigenvalue weighted by Crippen LogP contribution is 2.28. The molecule has 0 saturated heterocycles. The summed E-state index contributed by atoms with van der Waals surface area (Å²) in [6.07, 6.45) is 3.28. The Bertz CT molecular complexity index is 792. The molecule has 22 heavy (non-hydrogen) atoms. The zero-order valence-electron chi connectivity index (χ0n) is 11.3. The van der Waals surface area contributed by atoms with E-state index in [1.807, 2.05) is 47.2 Å². The Balaban J connectivity index is 1.63. The van der Waals surface area contributed by atoms with E-state index in [0.717, 1.165) is 20.6 Å². The van der Waals surface area contributed by atoms with Crippen LogP contribution < -0.4 is 5.32 Å². The third-order valence-electron chi connectivity index (χ3n) is 2.81. The lowest BCUT2D eigenvalue weighted by atomic mass is 10.2. The molecular formula is C16H11BrN2OS2. The van der Waals surface area contributed by atoms with Crippen LogP contribution in [0.15, 0.2) is 57.7 Å². The third kappa shape index (κ3) is 3.91. The van der Waals surface area contributed by atoms with E-state index in [4.69, 9.17) is 0 Å². The molecule has 0 radical (unpaired) electrons. The average Bonchev–Trinajstić information content (AvgIpc) is 3.17. The van der Waals surface area contributed by atoms with Crippen LogP contribution in [0.1, 0.15) is 5.56 Å². The molecule has 3 nitrogen and oxygen atoms in total. The second kappa shape index (κ2) is 7.00. The standard InChI is InChI=1S/C16H11BrN2OS2/c17-12-6-3-11(4-7-12)5-8-15(20)19-16-18-13(10-22-16)14-2-1-9-21-14/h1-10H,(H,18,19,20)/b8-5+. The van der Waals surface area contributed by atoms with Crippen LogP contribution >= 0.6 is 38.6 Å². The van der Waals surface area contributed by atoms with E-state index in [9.17, 15) is 4.79 Å². The maximum atomic E-state index is 11.9. The summed E-state index contributed by atoms with van der Waals surface area (Å²) in [6, 6.07) is 11.7. The second-order valence-corrected chi connectivity index (χ2v) is 7.11. The van der Waals surface area contributed by atoms with E-state index in [1.54, 1.807) is 17.4 Å². The molecule has 6 heteroatoms. The van der Waals surface area contributed by atoms with Crippen molar-refractivity contribution in [2.75, 3.05) is 5.32 Å². The SMILES string of the molecule is O=C(/C=C/c1ccc(Br)cc1)Nc1nc(-c2cccs2)cs1. The van der Waals surface area contributed by atoms with Gasteiger partial charge in [0, 0.05) is 15.9 Å². The average molecular weight is 391 g/mol. The number of carbonyl (C=O) groups excluding carboxylic acids is 1. The number of carbonyl (C=O) groups is 1. The molecule has 3 aromatic rings. The highest BCUT2D eigenvalue weighted by molar-refractivity contribution is 9.10. The van der Waals surface area contributed by atoms with Gasteiger partial charge in [-0.15, -0.1) is 22.7 Å². The van der Waals surface area contributed by atoms with Gasteiger partial charge in [0.05, 0.1) is 10.6 Å². The lowest BCUT2D eigenvalue weighted by Crippen LogP contribution is -2.07. The highest BCUT2D eigenvalue weighted by Gasteiger charge is 2.06. The van der Waals surface area contributed by atoms with Gasteiger partial charge in [-0.25, -0.2) is 4.98 Å². The van der Waals surface area contributed by atoms with E-state index in [0.29, 0.717) is 5.13 Å². The monoisotopic (exact) mass is 390 g/mol. The van der Waals surface area contributed by atoms with Gasteiger partial charge >= 0.3 is 0 Å². The Hall–Kier alpha value is -1.76. The van der Waals surface area contributed by atoms with Gasteiger partial charge < -0.3 is 0 Å². The molecule has 1 N–H and O–H groups in total. The van der Waals surface area contributed by atoms with Crippen LogP contribution in [-0.4, -0.2) is 10.9 Å². The molecule has 0 atom stereocenters.